The molecule has 0 radical (unpaired) electrons. The Bertz CT molecular complexity index is 1040. The molecule has 1 unspecified atom stereocenters. The van der Waals surface area contributed by atoms with Crippen LogP contribution in [0.15, 0.2) is 51.7 Å². The number of benzene rings is 2. The van der Waals surface area contributed by atoms with Gasteiger partial charge in [0.2, 0.25) is 0 Å². The maximum atomic E-state index is 12.8. The zero-order valence-corrected chi connectivity index (χ0v) is 16.6. The number of likely N-dealkylation sites (tertiary alicyclic amines) is 1. The van der Waals surface area contributed by atoms with Crippen molar-refractivity contribution < 1.29 is 9.52 Å². The van der Waals surface area contributed by atoms with Crippen molar-refractivity contribution in [3.05, 3.63) is 75.1 Å². The van der Waals surface area contributed by atoms with Gasteiger partial charge in [-0.15, -0.1) is 0 Å². The van der Waals surface area contributed by atoms with Crippen LogP contribution in [-0.4, -0.2) is 23.1 Å². The molecule has 28 heavy (non-hydrogen) atoms. The van der Waals surface area contributed by atoms with E-state index in [-0.39, 0.29) is 11.4 Å². The van der Waals surface area contributed by atoms with Crippen molar-refractivity contribution >= 4 is 11.0 Å². The minimum Gasteiger partial charge on any atom is -0.507 e. The highest BCUT2D eigenvalue weighted by molar-refractivity contribution is 5.85. The summed E-state index contributed by atoms with van der Waals surface area (Å²) in [6.07, 6.45) is 2.96. The second kappa shape index (κ2) is 7.80. The summed E-state index contributed by atoms with van der Waals surface area (Å²) in [5.41, 5.74) is 3.63. The van der Waals surface area contributed by atoms with Crippen molar-refractivity contribution in [3.8, 4) is 5.75 Å². The summed E-state index contributed by atoms with van der Waals surface area (Å²) in [4.78, 5) is 15.1. The Balaban J connectivity index is 1.75. The van der Waals surface area contributed by atoms with Crippen molar-refractivity contribution in [2.75, 3.05) is 13.1 Å². The van der Waals surface area contributed by atoms with Crippen molar-refractivity contribution in [1.82, 2.24) is 4.90 Å². The molecule has 1 N–H and O–H groups in total. The molecule has 4 rings (SSSR count). The highest BCUT2D eigenvalue weighted by Gasteiger charge is 2.21. The number of fused-ring (bicyclic) bond motifs is 1. The molecule has 0 amide bonds. The Morgan fingerprint density at radius 1 is 1.14 bits per heavy atom. The molecule has 1 saturated heterocycles. The van der Waals surface area contributed by atoms with E-state index in [4.69, 9.17) is 4.42 Å². The average Bonchev–Trinajstić information content (AvgIpc) is 2.68. The lowest BCUT2D eigenvalue weighted by molar-refractivity contribution is 0.175. The van der Waals surface area contributed by atoms with Gasteiger partial charge in [-0.1, -0.05) is 37.3 Å². The van der Waals surface area contributed by atoms with Gasteiger partial charge in [-0.2, -0.15) is 0 Å². The minimum absolute atomic E-state index is 0.198. The number of hydrogen-bond donors (Lipinski definition) is 1. The molecule has 1 aromatic heterocycles. The van der Waals surface area contributed by atoms with Gasteiger partial charge in [0.1, 0.15) is 11.3 Å². The van der Waals surface area contributed by atoms with Gasteiger partial charge < -0.3 is 9.52 Å². The molecule has 0 aliphatic carbocycles. The SMILES string of the molecule is Cc1c(Cc2ccccc2)c(=O)oc2c(CN3CCCC(C)C3)c(O)ccc12. The van der Waals surface area contributed by atoms with Crippen LogP contribution in [0.5, 0.6) is 5.75 Å². The lowest BCUT2D eigenvalue weighted by atomic mass is 9.97. The standard InChI is InChI=1S/C24H27NO3/c1-16-7-6-12-25(14-16)15-21-22(26)11-10-19-17(2)20(24(27)28-23(19)21)13-18-8-4-3-5-9-18/h3-5,8-11,16,26H,6-7,12-15H2,1-2H3. The lowest BCUT2D eigenvalue weighted by Crippen LogP contribution is -2.33. The van der Waals surface area contributed by atoms with E-state index in [1.54, 1.807) is 6.07 Å². The van der Waals surface area contributed by atoms with Gasteiger partial charge in [0, 0.05) is 30.5 Å². The molecular formula is C24H27NO3. The van der Waals surface area contributed by atoms with Crippen molar-refractivity contribution in [1.29, 1.82) is 0 Å². The third-order valence-electron chi connectivity index (χ3n) is 5.88. The summed E-state index contributed by atoms with van der Waals surface area (Å²) in [6, 6.07) is 13.5. The summed E-state index contributed by atoms with van der Waals surface area (Å²) in [7, 11) is 0. The van der Waals surface area contributed by atoms with Crippen molar-refractivity contribution in [2.45, 2.75) is 39.7 Å². The molecule has 146 valence electrons. The lowest BCUT2D eigenvalue weighted by Gasteiger charge is -2.31. The van der Waals surface area contributed by atoms with Gasteiger partial charge in [0.05, 0.1) is 5.56 Å². The number of phenolic OH excluding ortho intramolecular Hbond substituents is 1. The predicted octanol–water partition coefficient (Wildman–Crippen LogP) is 4.63. The van der Waals surface area contributed by atoms with E-state index >= 15 is 0 Å². The summed E-state index contributed by atoms with van der Waals surface area (Å²) in [6.45, 7) is 6.85. The Labute approximate surface area is 165 Å². The van der Waals surface area contributed by atoms with Crippen LogP contribution in [0.2, 0.25) is 0 Å². The predicted molar refractivity (Wildman–Crippen MR) is 112 cm³/mol. The minimum atomic E-state index is -0.312. The first-order valence-electron chi connectivity index (χ1n) is 10.1. The molecule has 1 fully saturated rings. The number of hydrogen-bond acceptors (Lipinski definition) is 4. The highest BCUT2D eigenvalue weighted by Crippen LogP contribution is 2.32. The largest absolute Gasteiger partial charge is 0.507 e. The molecule has 2 heterocycles. The second-order valence-electron chi connectivity index (χ2n) is 8.08. The van der Waals surface area contributed by atoms with Crippen molar-refractivity contribution in [2.24, 2.45) is 5.92 Å². The third-order valence-corrected chi connectivity index (χ3v) is 5.88. The van der Waals surface area contributed by atoms with Crippen LogP contribution >= 0.6 is 0 Å². The molecule has 1 atom stereocenters. The smallest absolute Gasteiger partial charge is 0.340 e. The van der Waals surface area contributed by atoms with E-state index in [2.05, 4.69) is 11.8 Å². The van der Waals surface area contributed by atoms with Crippen LogP contribution in [0.25, 0.3) is 11.0 Å². The summed E-state index contributed by atoms with van der Waals surface area (Å²) in [5, 5.41) is 11.4. The van der Waals surface area contributed by atoms with E-state index in [1.807, 2.05) is 43.3 Å². The number of nitrogens with zero attached hydrogens (tertiary/aromatic N) is 1. The molecule has 0 spiro atoms. The normalized spacial score (nSPS) is 17.9. The highest BCUT2D eigenvalue weighted by atomic mass is 16.4. The fourth-order valence-electron chi connectivity index (χ4n) is 4.31. The Morgan fingerprint density at radius 2 is 1.93 bits per heavy atom. The maximum absolute atomic E-state index is 12.8. The molecular weight excluding hydrogens is 350 g/mol. The number of aromatic hydroxyl groups is 1. The van der Waals surface area contributed by atoms with Gasteiger partial charge in [-0.25, -0.2) is 4.79 Å². The topological polar surface area (TPSA) is 53.7 Å². The molecule has 2 aromatic carbocycles. The Morgan fingerprint density at radius 3 is 2.68 bits per heavy atom. The molecule has 1 aliphatic rings. The second-order valence-corrected chi connectivity index (χ2v) is 8.08. The summed E-state index contributed by atoms with van der Waals surface area (Å²) >= 11 is 0. The van der Waals surface area contributed by atoms with E-state index in [9.17, 15) is 9.90 Å². The van der Waals surface area contributed by atoms with Crippen LogP contribution in [0, 0.1) is 12.8 Å². The molecule has 3 aromatic rings. The molecule has 0 saturated carbocycles. The fourth-order valence-corrected chi connectivity index (χ4v) is 4.31. The van der Waals surface area contributed by atoms with E-state index < -0.39 is 0 Å². The average molecular weight is 377 g/mol. The van der Waals surface area contributed by atoms with Gasteiger partial charge in [0.15, 0.2) is 0 Å². The van der Waals surface area contributed by atoms with Crippen LogP contribution in [0.1, 0.15) is 42.0 Å². The first-order valence-corrected chi connectivity index (χ1v) is 10.1. The summed E-state index contributed by atoms with van der Waals surface area (Å²) < 4.78 is 5.78. The van der Waals surface area contributed by atoms with Gasteiger partial charge in [0.25, 0.3) is 0 Å². The van der Waals surface area contributed by atoms with Crippen LogP contribution < -0.4 is 5.63 Å². The molecule has 1 aliphatic heterocycles. The molecule has 4 nitrogen and oxygen atoms in total. The van der Waals surface area contributed by atoms with E-state index in [0.717, 1.165) is 41.6 Å². The fraction of sp³-hybridized carbons (Fsp3) is 0.375. The van der Waals surface area contributed by atoms with Gasteiger partial charge >= 0.3 is 5.63 Å². The van der Waals surface area contributed by atoms with E-state index in [0.29, 0.717) is 30.0 Å². The Hall–Kier alpha value is -2.59. The van der Waals surface area contributed by atoms with E-state index in [1.165, 1.54) is 6.42 Å². The maximum Gasteiger partial charge on any atom is 0.340 e. The number of aryl methyl sites for hydroxylation is 1. The monoisotopic (exact) mass is 377 g/mol. The van der Waals surface area contributed by atoms with Gasteiger partial charge in [-0.05, 0) is 55.5 Å². The zero-order chi connectivity index (χ0) is 19.7. The molecule has 0 bridgehead atoms. The molecule has 4 heteroatoms. The first kappa shape index (κ1) is 18.8. The summed E-state index contributed by atoms with van der Waals surface area (Å²) in [5.74, 6) is 0.848. The third kappa shape index (κ3) is 3.69. The number of rotatable bonds is 4. The number of phenols is 1. The number of piperidine rings is 1. The van der Waals surface area contributed by atoms with Crippen LogP contribution in [-0.2, 0) is 13.0 Å². The van der Waals surface area contributed by atoms with Crippen molar-refractivity contribution in [3.63, 3.8) is 0 Å². The van der Waals surface area contributed by atoms with Gasteiger partial charge in [-0.3, -0.25) is 4.90 Å². The quantitative estimate of drug-likeness (QED) is 0.674. The van der Waals surface area contributed by atoms with Crippen LogP contribution in [0.3, 0.4) is 0 Å². The first-order chi connectivity index (χ1) is 13.5. The zero-order valence-electron chi connectivity index (χ0n) is 16.6. The van der Waals surface area contributed by atoms with Crippen LogP contribution in [0.4, 0.5) is 0 Å². The Kier molecular flexibility index (Phi) is 5.23.